The number of esters is 2. The van der Waals surface area contributed by atoms with Gasteiger partial charge in [-0.2, -0.15) is 0 Å². The van der Waals surface area contributed by atoms with Crippen LogP contribution in [0.5, 0.6) is 0 Å². The normalized spacial score (nSPS) is 35.7. The molecule has 8 heteroatoms. The fourth-order valence-electron chi connectivity index (χ4n) is 6.30. The van der Waals surface area contributed by atoms with Crippen molar-refractivity contribution in [1.82, 2.24) is 4.98 Å². The van der Waals surface area contributed by atoms with Crippen molar-refractivity contribution in [1.29, 1.82) is 0 Å². The standard InChI is InChI=1S/C29H41NO6S/c1-7-27(5)17-21(36-24(32)18-37-22-11-9-10-16-30-22)28(6)19(3)12-14-29(26(28)34,20(4)25(27)33)15-13-23(31)35-8-2/h7,9-11,16,19-21,25,33H,1,8,12-15,17-18H2,2-6H3/t19?,20-,21+,25-,27+,28-,29-/m0/s1. The maximum Gasteiger partial charge on any atom is 0.316 e. The molecule has 0 aromatic carbocycles. The number of Topliss-reactive ketones (excluding diaryl/α,β-unsaturated/α-hetero) is 1. The van der Waals surface area contributed by atoms with Crippen molar-refractivity contribution in [2.45, 2.75) is 84.0 Å². The molecule has 2 fully saturated rings. The second-order valence-corrected chi connectivity index (χ2v) is 12.1. The average molecular weight is 532 g/mol. The molecule has 7 atom stereocenters. The number of hydrogen-bond acceptors (Lipinski definition) is 8. The Labute approximate surface area is 224 Å². The summed E-state index contributed by atoms with van der Waals surface area (Å²) in [5, 5.41) is 12.3. The Kier molecular flexibility index (Phi) is 9.27. The average Bonchev–Trinajstić information content (AvgIpc) is 2.89. The summed E-state index contributed by atoms with van der Waals surface area (Å²) in [7, 11) is 0. The zero-order valence-corrected chi connectivity index (χ0v) is 23.5. The molecule has 1 heterocycles. The summed E-state index contributed by atoms with van der Waals surface area (Å²) in [5.41, 5.74) is -2.71. The minimum absolute atomic E-state index is 0.0316. The molecule has 0 radical (unpaired) electrons. The van der Waals surface area contributed by atoms with Crippen molar-refractivity contribution in [2.75, 3.05) is 12.4 Å². The summed E-state index contributed by atoms with van der Waals surface area (Å²) in [6.07, 6.45) is 3.68. The first-order valence-corrected chi connectivity index (χ1v) is 14.2. The zero-order chi connectivity index (χ0) is 27.4. The van der Waals surface area contributed by atoms with Gasteiger partial charge in [0.25, 0.3) is 0 Å². The van der Waals surface area contributed by atoms with Gasteiger partial charge in [-0.25, -0.2) is 4.98 Å². The van der Waals surface area contributed by atoms with Crippen LogP contribution in [0, 0.1) is 28.1 Å². The molecule has 1 aromatic heterocycles. The molecule has 1 N–H and O–H groups in total. The van der Waals surface area contributed by atoms with E-state index in [0.29, 0.717) is 11.4 Å². The van der Waals surface area contributed by atoms with E-state index >= 15 is 0 Å². The number of fused-ring (bicyclic) bond motifs is 2. The first kappa shape index (κ1) is 29.4. The minimum Gasteiger partial charge on any atom is -0.466 e. The summed E-state index contributed by atoms with van der Waals surface area (Å²) in [5.74, 6) is -1.22. The van der Waals surface area contributed by atoms with Crippen LogP contribution >= 0.6 is 11.8 Å². The molecule has 2 saturated carbocycles. The van der Waals surface area contributed by atoms with E-state index in [9.17, 15) is 19.5 Å². The van der Waals surface area contributed by atoms with Gasteiger partial charge in [0.2, 0.25) is 0 Å². The van der Waals surface area contributed by atoms with Crippen molar-refractivity contribution in [3.63, 3.8) is 0 Å². The second kappa shape index (κ2) is 11.7. The Hall–Kier alpha value is -2.19. The number of rotatable bonds is 9. The maximum atomic E-state index is 14.5. The molecule has 0 aliphatic heterocycles. The summed E-state index contributed by atoms with van der Waals surface area (Å²) in [4.78, 5) is 44.2. The Bertz CT molecular complexity index is 1000. The van der Waals surface area contributed by atoms with Gasteiger partial charge >= 0.3 is 11.9 Å². The number of pyridine rings is 1. The predicted octanol–water partition coefficient (Wildman–Crippen LogP) is 5.01. The third-order valence-electron chi connectivity index (χ3n) is 9.10. The lowest BCUT2D eigenvalue weighted by molar-refractivity contribution is -0.191. The van der Waals surface area contributed by atoms with E-state index < -0.39 is 40.3 Å². The molecule has 2 aliphatic carbocycles. The molecule has 0 amide bonds. The third kappa shape index (κ3) is 5.65. The van der Waals surface area contributed by atoms with E-state index in [1.54, 1.807) is 19.2 Å². The van der Waals surface area contributed by atoms with Crippen LogP contribution in [0.4, 0.5) is 0 Å². The lowest BCUT2D eigenvalue weighted by atomic mass is 9.46. The van der Waals surface area contributed by atoms with Crippen LogP contribution < -0.4 is 0 Å². The van der Waals surface area contributed by atoms with Gasteiger partial charge in [0, 0.05) is 23.4 Å². The summed E-state index contributed by atoms with van der Waals surface area (Å²) in [6, 6.07) is 5.49. The Morgan fingerprint density at radius 3 is 2.62 bits per heavy atom. The summed E-state index contributed by atoms with van der Waals surface area (Å²) >= 11 is 1.28. The molecule has 1 unspecified atom stereocenters. The van der Waals surface area contributed by atoms with Gasteiger partial charge < -0.3 is 14.6 Å². The van der Waals surface area contributed by atoms with Gasteiger partial charge in [0.15, 0.2) is 0 Å². The van der Waals surface area contributed by atoms with Crippen LogP contribution in [-0.4, -0.2) is 52.4 Å². The molecule has 7 nitrogen and oxygen atoms in total. The van der Waals surface area contributed by atoms with Crippen LogP contribution in [0.15, 0.2) is 42.1 Å². The van der Waals surface area contributed by atoms with Crippen molar-refractivity contribution in [3.05, 3.63) is 37.1 Å². The molecular weight excluding hydrogens is 490 g/mol. The van der Waals surface area contributed by atoms with E-state index in [1.807, 2.05) is 45.9 Å². The fourth-order valence-corrected chi connectivity index (χ4v) is 6.95. The Morgan fingerprint density at radius 1 is 1.27 bits per heavy atom. The lowest BCUT2D eigenvalue weighted by Gasteiger charge is -2.58. The molecule has 3 rings (SSSR count). The summed E-state index contributed by atoms with van der Waals surface area (Å²) in [6.45, 7) is 13.8. The first-order valence-electron chi connectivity index (χ1n) is 13.2. The highest BCUT2D eigenvalue weighted by molar-refractivity contribution is 7.99. The fraction of sp³-hybridized carbons (Fsp3) is 0.655. The highest BCUT2D eigenvalue weighted by Crippen LogP contribution is 2.60. The quantitative estimate of drug-likeness (QED) is 0.269. The number of thioether (sulfide) groups is 1. The van der Waals surface area contributed by atoms with E-state index in [1.165, 1.54) is 11.8 Å². The second-order valence-electron chi connectivity index (χ2n) is 11.1. The number of carbonyl (C=O) groups is 3. The molecule has 2 aliphatic rings. The first-order chi connectivity index (χ1) is 17.4. The number of aromatic nitrogens is 1. The van der Waals surface area contributed by atoms with Crippen molar-refractivity contribution in [2.24, 2.45) is 28.1 Å². The van der Waals surface area contributed by atoms with Gasteiger partial charge in [0.1, 0.15) is 11.9 Å². The number of nitrogens with zero attached hydrogens (tertiary/aromatic N) is 1. The Morgan fingerprint density at radius 2 is 2.00 bits per heavy atom. The number of ether oxygens (including phenoxy) is 2. The van der Waals surface area contributed by atoms with Crippen molar-refractivity contribution >= 4 is 29.5 Å². The van der Waals surface area contributed by atoms with Gasteiger partial charge in [-0.1, -0.05) is 44.7 Å². The number of aliphatic hydroxyl groups is 1. The molecule has 37 heavy (non-hydrogen) atoms. The smallest absolute Gasteiger partial charge is 0.316 e. The van der Waals surface area contributed by atoms with Crippen LogP contribution in [0.25, 0.3) is 0 Å². The van der Waals surface area contributed by atoms with E-state index in [0.717, 1.165) is 6.42 Å². The predicted molar refractivity (Wildman–Crippen MR) is 143 cm³/mol. The maximum absolute atomic E-state index is 14.5. The highest BCUT2D eigenvalue weighted by Gasteiger charge is 2.64. The van der Waals surface area contributed by atoms with Gasteiger partial charge in [0.05, 0.1) is 28.9 Å². The Balaban J connectivity index is 1.98. The number of carbonyl (C=O) groups excluding carboxylic acids is 3. The van der Waals surface area contributed by atoms with Crippen molar-refractivity contribution < 1.29 is 29.0 Å². The van der Waals surface area contributed by atoms with E-state index in [4.69, 9.17) is 9.47 Å². The van der Waals surface area contributed by atoms with Gasteiger partial charge in [-0.15, -0.1) is 6.58 Å². The van der Waals surface area contributed by atoms with Crippen LogP contribution in [0.2, 0.25) is 0 Å². The number of hydrogen-bond donors (Lipinski definition) is 1. The van der Waals surface area contributed by atoms with Crippen molar-refractivity contribution in [3.8, 4) is 0 Å². The lowest BCUT2D eigenvalue weighted by Crippen LogP contribution is -2.64. The SMILES string of the molecule is C=C[C@]1(C)C[C@@H](OC(=O)CSc2ccccn2)[C@@]2(C)C(=O)[C@](CCC(=O)OCC)(CCC2C)[C@@H](C)[C@@H]1O. The number of ketones is 1. The molecular formula is C29H41NO6S. The zero-order valence-electron chi connectivity index (χ0n) is 22.7. The molecule has 2 bridgehead atoms. The monoisotopic (exact) mass is 531 g/mol. The molecule has 0 saturated heterocycles. The topological polar surface area (TPSA) is 103 Å². The summed E-state index contributed by atoms with van der Waals surface area (Å²) < 4.78 is 11.3. The van der Waals surface area contributed by atoms with Crippen LogP contribution in [0.1, 0.15) is 66.7 Å². The number of aliphatic hydroxyl groups excluding tert-OH is 1. The molecule has 0 spiro atoms. The van der Waals surface area contributed by atoms with E-state index in [2.05, 4.69) is 11.6 Å². The largest absolute Gasteiger partial charge is 0.466 e. The minimum atomic E-state index is -0.975. The third-order valence-corrected chi connectivity index (χ3v) is 10.0. The van der Waals surface area contributed by atoms with Gasteiger partial charge in [-0.3, -0.25) is 14.4 Å². The van der Waals surface area contributed by atoms with Gasteiger partial charge in [-0.05, 0) is 63.5 Å². The van der Waals surface area contributed by atoms with E-state index in [-0.39, 0.29) is 49.3 Å². The van der Waals surface area contributed by atoms with Crippen LogP contribution in [-0.2, 0) is 23.9 Å². The molecule has 204 valence electrons. The van der Waals surface area contributed by atoms with Crippen LogP contribution in [0.3, 0.4) is 0 Å². The highest BCUT2D eigenvalue weighted by atomic mass is 32.2. The molecule has 1 aromatic rings.